The molecule has 3 rings (SSSR count). The third-order valence-corrected chi connectivity index (χ3v) is 4.18. The second kappa shape index (κ2) is 8.87. The molecule has 2 aromatic rings. The molecule has 2 aromatic carbocycles. The van der Waals surface area contributed by atoms with Crippen LogP contribution in [-0.4, -0.2) is 43.4 Å². The molecule has 0 aliphatic carbocycles. The average Bonchev–Trinajstić information content (AvgIpc) is 2.71. The summed E-state index contributed by atoms with van der Waals surface area (Å²) in [4.78, 5) is 48.9. The average molecular weight is 397 g/mol. The Balaban J connectivity index is 1.50. The number of carbonyl (C=O) groups is 4. The highest BCUT2D eigenvalue weighted by atomic mass is 16.5. The summed E-state index contributed by atoms with van der Waals surface area (Å²) in [5.74, 6) is -1.64. The number of benzene rings is 2. The molecule has 0 radical (unpaired) electrons. The maximum Gasteiger partial charge on any atom is 0.308 e. The standard InChI is InChI=1S/C20H19N3O6/c21-20(27)13-5-1-2-6-14(13)22-17(24)11-29-19(26)9-10-23-15-7-3-4-8-16(15)28-12-18(23)25/h1-8H,9-12H2,(H2,21,27)(H,22,24). The predicted molar refractivity (Wildman–Crippen MR) is 103 cm³/mol. The highest BCUT2D eigenvalue weighted by Crippen LogP contribution is 2.31. The number of primary amides is 1. The normalized spacial score (nSPS) is 12.6. The first kappa shape index (κ1) is 19.9. The maximum absolute atomic E-state index is 12.1. The molecule has 0 bridgehead atoms. The van der Waals surface area contributed by atoms with Gasteiger partial charge in [-0.3, -0.25) is 19.2 Å². The van der Waals surface area contributed by atoms with Gasteiger partial charge in [0.25, 0.3) is 17.7 Å². The van der Waals surface area contributed by atoms with Crippen LogP contribution in [0.15, 0.2) is 48.5 Å². The number of amides is 3. The Morgan fingerprint density at radius 3 is 2.62 bits per heavy atom. The molecule has 150 valence electrons. The number of ether oxygens (including phenoxy) is 2. The lowest BCUT2D eigenvalue weighted by atomic mass is 10.1. The van der Waals surface area contributed by atoms with Crippen molar-refractivity contribution < 1.29 is 28.7 Å². The molecule has 0 atom stereocenters. The molecule has 1 aliphatic rings. The third kappa shape index (κ3) is 4.89. The summed E-state index contributed by atoms with van der Waals surface area (Å²) < 4.78 is 10.3. The Bertz CT molecular complexity index is 959. The number of para-hydroxylation sites is 3. The van der Waals surface area contributed by atoms with E-state index in [1.165, 1.54) is 17.0 Å². The van der Waals surface area contributed by atoms with Crippen molar-refractivity contribution in [1.29, 1.82) is 0 Å². The van der Waals surface area contributed by atoms with E-state index >= 15 is 0 Å². The summed E-state index contributed by atoms with van der Waals surface area (Å²) in [6, 6.07) is 13.2. The number of carbonyl (C=O) groups excluding carboxylic acids is 4. The molecular formula is C20H19N3O6. The fourth-order valence-electron chi connectivity index (χ4n) is 2.81. The zero-order valence-corrected chi connectivity index (χ0v) is 15.4. The largest absolute Gasteiger partial charge is 0.482 e. The molecule has 0 aromatic heterocycles. The zero-order valence-electron chi connectivity index (χ0n) is 15.4. The van der Waals surface area contributed by atoms with Crippen molar-refractivity contribution in [2.24, 2.45) is 5.73 Å². The van der Waals surface area contributed by atoms with Crippen molar-refractivity contribution in [3.8, 4) is 5.75 Å². The van der Waals surface area contributed by atoms with Crippen LogP contribution in [0.3, 0.4) is 0 Å². The SMILES string of the molecule is NC(=O)c1ccccc1NC(=O)COC(=O)CCN1C(=O)COc2ccccc21. The quantitative estimate of drug-likeness (QED) is 0.673. The highest BCUT2D eigenvalue weighted by Gasteiger charge is 2.25. The van der Waals surface area contributed by atoms with Crippen molar-refractivity contribution in [3.63, 3.8) is 0 Å². The number of esters is 1. The van der Waals surface area contributed by atoms with Crippen molar-refractivity contribution in [2.45, 2.75) is 6.42 Å². The first-order valence-corrected chi connectivity index (χ1v) is 8.82. The van der Waals surface area contributed by atoms with Gasteiger partial charge in [-0.25, -0.2) is 0 Å². The van der Waals surface area contributed by atoms with Crippen molar-refractivity contribution >= 4 is 35.1 Å². The van der Waals surface area contributed by atoms with Gasteiger partial charge in [0, 0.05) is 6.54 Å². The lowest BCUT2D eigenvalue weighted by Crippen LogP contribution is -2.40. The Morgan fingerprint density at radius 2 is 1.83 bits per heavy atom. The molecule has 9 nitrogen and oxygen atoms in total. The van der Waals surface area contributed by atoms with E-state index in [0.29, 0.717) is 11.4 Å². The van der Waals surface area contributed by atoms with Gasteiger partial charge in [-0.1, -0.05) is 24.3 Å². The molecule has 0 fully saturated rings. The number of hydrogen-bond acceptors (Lipinski definition) is 6. The number of hydrogen-bond donors (Lipinski definition) is 2. The monoisotopic (exact) mass is 397 g/mol. The molecule has 29 heavy (non-hydrogen) atoms. The van der Waals surface area contributed by atoms with Gasteiger partial charge in [-0.05, 0) is 24.3 Å². The maximum atomic E-state index is 12.1. The Morgan fingerprint density at radius 1 is 1.10 bits per heavy atom. The van der Waals surface area contributed by atoms with Crippen LogP contribution in [0.1, 0.15) is 16.8 Å². The topological polar surface area (TPSA) is 128 Å². The number of nitrogens with zero attached hydrogens (tertiary/aromatic N) is 1. The van der Waals surface area contributed by atoms with Crippen LogP contribution in [-0.2, 0) is 19.1 Å². The molecule has 0 unspecified atom stereocenters. The summed E-state index contributed by atoms with van der Waals surface area (Å²) in [7, 11) is 0. The van der Waals surface area contributed by atoms with E-state index in [2.05, 4.69) is 5.32 Å². The van der Waals surface area contributed by atoms with Crippen LogP contribution in [0, 0.1) is 0 Å². The van der Waals surface area contributed by atoms with Crippen LogP contribution in [0.5, 0.6) is 5.75 Å². The summed E-state index contributed by atoms with van der Waals surface area (Å²) in [6.07, 6.45) is -0.0920. The molecule has 3 N–H and O–H groups in total. The minimum Gasteiger partial charge on any atom is -0.482 e. The van der Waals surface area contributed by atoms with E-state index in [-0.39, 0.29) is 36.7 Å². The number of anilines is 2. The fraction of sp³-hybridized carbons (Fsp3) is 0.200. The highest BCUT2D eigenvalue weighted by molar-refractivity contribution is 6.03. The first-order chi connectivity index (χ1) is 14.0. The second-order valence-corrected chi connectivity index (χ2v) is 6.17. The summed E-state index contributed by atoms with van der Waals surface area (Å²) in [5.41, 5.74) is 6.21. The Kier molecular flexibility index (Phi) is 6.08. The number of fused-ring (bicyclic) bond motifs is 1. The zero-order chi connectivity index (χ0) is 20.8. The Hall–Kier alpha value is -3.88. The second-order valence-electron chi connectivity index (χ2n) is 6.17. The molecule has 0 saturated heterocycles. The lowest BCUT2D eigenvalue weighted by molar-refractivity contribution is -0.147. The third-order valence-electron chi connectivity index (χ3n) is 4.18. The van der Waals surface area contributed by atoms with E-state index in [4.69, 9.17) is 15.2 Å². The van der Waals surface area contributed by atoms with Gasteiger partial charge >= 0.3 is 5.97 Å². The van der Waals surface area contributed by atoms with Gasteiger partial charge in [0.1, 0.15) is 5.75 Å². The van der Waals surface area contributed by atoms with Crippen LogP contribution >= 0.6 is 0 Å². The fourth-order valence-corrected chi connectivity index (χ4v) is 2.81. The van der Waals surface area contributed by atoms with Gasteiger partial charge in [-0.15, -0.1) is 0 Å². The summed E-state index contributed by atoms with van der Waals surface area (Å²) in [6.45, 7) is -0.530. The number of nitrogens with one attached hydrogen (secondary N) is 1. The van der Waals surface area contributed by atoms with Crippen LogP contribution in [0.2, 0.25) is 0 Å². The van der Waals surface area contributed by atoms with Gasteiger partial charge in [-0.2, -0.15) is 0 Å². The Labute approximate surface area is 166 Å². The van der Waals surface area contributed by atoms with Gasteiger partial charge in [0.15, 0.2) is 13.2 Å². The van der Waals surface area contributed by atoms with E-state index in [1.54, 1.807) is 36.4 Å². The van der Waals surface area contributed by atoms with E-state index in [0.717, 1.165) is 0 Å². The predicted octanol–water partition coefficient (Wildman–Crippen LogP) is 1.08. The van der Waals surface area contributed by atoms with Crippen molar-refractivity contribution in [3.05, 3.63) is 54.1 Å². The van der Waals surface area contributed by atoms with E-state index < -0.39 is 24.4 Å². The number of nitrogens with two attached hydrogens (primary N) is 1. The molecule has 0 spiro atoms. The summed E-state index contributed by atoms with van der Waals surface area (Å²) in [5, 5.41) is 2.47. The van der Waals surface area contributed by atoms with E-state index in [1.807, 2.05) is 0 Å². The minimum absolute atomic E-state index is 0.0920. The van der Waals surface area contributed by atoms with E-state index in [9.17, 15) is 19.2 Å². The van der Waals surface area contributed by atoms with Gasteiger partial charge < -0.3 is 25.4 Å². The number of rotatable bonds is 7. The molecule has 0 saturated carbocycles. The van der Waals surface area contributed by atoms with Crippen LogP contribution in [0.4, 0.5) is 11.4 Å². The van der Waals surface area contributed by atoms with Gasteiger partial charge in [0.2, 0.25) is 0 Å². The van der Waals surface area contributed by atoms with Crippen LogP contribution in [0.25, 0.3) is 0 Å². The van der Waals surface area contributed by atoms with Gasteiger partial charge in [0.05, 0.1) is 23.4 Å². The smallest absolute Gasteiger partial charge is 0.308 e. The lowest BCUT2D eigenvalue weighted by Gasteiger charge is -2.28. The van der Waals surface area contributed by atoms with Crippen molar-refractivity contribution in [1.82, 2.24) is 0 Å². The molecular weight excluding hydrogens is 378 g/mol. The summed E-state index contributed by atoms with van der Waals surface area (Å²) >= 11 is 0. The molecule has 3 amide bonds. The molecule has 1 aliphatic heterocycles. The molecule has 1 heterocycles. The minimum atomic E-state index is -0.687. The molecule has 9 heteroatoms. The van der Waals surface area contributed by atoms with Crippen molar-refractivity contribution in [2.75, 3.05) is 30.0 Å². The first-order valence-electron chi connectivity index (χ1n) is 8.82. The van der Waals surface area contributed by atoms with Crippen LogP contribution < -0.4 is 20.7 Å².